The Morgan fingerprint density at radius 2 is 1.33 bits per heavy atom. The smallest absolute Gasteiger partial charge is 0.148 e. The Kier molecular flexibility index (Phi) is 9.65. The Morgan fingerprint density at radius 3 is 2.05 bits per heavy atom. The second-order valence-corrected chi connectivity index (χ2v) is 18.5. The topological polar surface area (TPSA) is 50.9 Å². The van der Waals surface area contributed by atoms with Crippen molar-refractivity contribution in [1.29, 1.82) is 0 Å². The van der Waals surface area contributed by atoms with Gasteiger partial charge in [-0.3, -0.25) is 9.55 Å². The van der Waals surface area contributed by atoms with E-state index in [-0.39, 0.29) is 43.1 Å². The summed E-state index contributed by atoms with van der Waals surface area (Å²) < 4.78 is 25.7. The fourth-order valence-corrected chi connectivity index (χ4v) is 8.76. The summed E-state index contributed by atoms with van der Waals surface area (Å²) in [6.45, 7) is 13.6. The summed E-state index contributed by atoms with van der Waals surface area (Å²) in [6, 6.07) is 48.6. The van der Waals surface area contributed by atoms with Crippen molar-refractivity contribution in [2.45, 2.75) is 84.4 Å². The average Bonchev–Trinajstić information content (AvgIpc) is 3.64. The Morgan fingerprint density at radius 1 is 0.667 bits per heavy atom. The van der Waals surface area contributed by atoms with E-state index in [1.807, 2.05) is 36.4 Å². The van der Waals surface area contributed by atoms with Gasteiger partial charge in [0.1, 0.15) is 11.6 Å². The first-order chi connectivity index (χ1) is 29.4. The summed E-state index contributed by atoms with van der Waals surface area (Å²) in [5.41, 5.74) is 14.3. The molecule has 8 aromatic rings. The standard InChI is InChI=1S/C55H52N3O.Pt/c1-35-21-23-36(24-22-35)38-25-28-56-47(32-38)40-29-39(30-41(31-40)53(2,3)4)43-18-14-20-49-51(43)57-52(58(49)48-19-13-12-17-42(48)37-15-10-9-11-16-37)44-33-45-46(34-50(44)59)55(7,8)27-26-54(45,5)6;/h9-25,28,30-34,59H,26-27H2,1-8H3;/q-1;/i1D3;. The fourth-order valence-electron chi connectivity index (χ4n) is 8.76. The normalized spacial score (nSPS) is 15.3. The van der Waals surface area contributed by atoms with Gasteiger partial charge in [-0.25, -0.2) is 4.98 Å². The number of pyridine rings is 1. The number of aromatic nitrogens is 3. The SMILES string of the molecule is [2H]C([2H])([2H])c1ccc(-c2ccnc(-c3[c-]c(-c4cccc5c4nc(-c4cc6c(cc4O)C(C)(C)CCC6(C)C)n5-c4ccccc4-c4ccccc4)cc(C(C)(C)C)c3)c2)cc1.[Pt]. The summed E-state index contributed by atoms with van der Waals surface area (Å²) in [5.74, 6) is 0.883. The molecule has 2 aromatic heterocycles. The van der Waals surface area contributed by atoms with Crippen LogP contribution in [0.4, 0.5) is 0 Å². The Balaban J connectivity index is 0.00000544. The summed E-state index contributed by atoms with van der Waals surface area (Å²) in [4.78, 5) is 10.4. The maximum Gasteiger partial charge on any atom is 0.148 e. The van der Waals surface area contributed by atoms with Crippen LogP contribution in [0.5, 0.6) is 5.75 Å². The minimum absolute atomic E-state index is 0. The molecule has 4 nitrogen and oxygen atoms in total. The van der Waals surface area contributed by atoms with Gasteiger partial charge in [-0.1, -0.05) is 156 Å². The third-order valence-corrected chi connectivity index (χ3v) is 12.4. The van der Waals surface area contributed by atoms with Crippen LogP contribution in [0.3, 0.4) is 0 Å². The van der Waals surface area contributed by atoms with Crippen molar-refractivity contribution in [2.75, 3.05) is 0 Å². The number of hydrogen-bond acceptors (Lipinski definition) is 3. The molecule has 1 aliphatic carbocycles. The third-order valence-electron chi connectivity index (χ3n) is 12.4. The van der Waals surface area contributed by atoms with Crippen LogP contribution in [0.15, 0.2) is 140 Å². The molecular formula is C55H52N3OPt-. The van der Waals surface area contributed by atoms with Crippen molar-refractivity contribution in [2.24, 2.45) is 0 Å². The van der Waals surface area contributed by atoms with E-state index in [2.05, 4.69) is 144 Å². The van der Waals surface area contributed by atoms with Crippen molar-refractivity contribution >= 4 is 11.0 Å². The van der Waals surface area contributed by atoms with Crippen LogP contribution in [0, 0.1) is 12.9 Å². The second-order valence-electron chi connectivity index (χ2n) is 18.5. The minimum atomic E-state index is -2.17. The number of aryl methyl sites for hydroxylation is 1. The zero-order chi connectivity index (χ0) is 43.8. The maximum atomic E-state index is 12.1. The predicted octanol–water partition coefficient (Wildman–Crippen LogP) is 14.2. The van der Waals surface area contributed by atoms with Gasteiger partial charge >= 0.3 is 0 Å². The quantitative estimate of drug-likeness (QED) is 0.169. The molecule has 0 atom stereocenters. The molecule has 0 spiro atoms. The molecule has 0 saturated heterocycles. The molecule has 0 unspecified atom stereocenters. The number of benzene rings is 6. The van der Waals surface area contributed by atoms with Crippen LogP contribution in [0.1, 0.15) is 87.7 Å². The number of imidazole rings is 1. The third kappa shape index (κ3) is 7.45. The van der Waals surface area contributed by atoms with Crippen LogP contribution < -0.4 is 0 Å². The molecule has 60 heavy (non-hydrogen) atoms. The Hall–Kier alpha value is -5.57. The minimum Gasteiger partial charge on any atom is -0.507 e. The number of phenols is 1. The first kappa shape index (κ1) is 37.4. The molecule has 304 valence electrons. The molecule has 0 amide bonds. The molecule has 1 aliphatic rings. The molecule has 9 rings (SSSR count). The number of nitrogens with zero attached hydrogens (tertiary/aromatic N) is 3. The average molecular weight is 969 g/mol. The summed E-state index contributed by atoms with van der Waals surface area (Å²) in [6.07, 6.45) is 3.89. The van der Waals surface area contributed by atoms with Gasteiger partial charge in [-0.05, 0) is 94.1 Å². The molecule has 5 heteroatoms. The monoisotopic (exact) mass is 968 g/mol. The second kappa shape index (κ2) is 15.5. The molecule has 0 fully saturated rings. The van der Waals surface area contributed by atoms with Gasteiger partial charge in [0.25, 0.3) is 0 Å². The van der Waals surface area contributed by atoms with Gasteiger partial charge in [-0.15, -0.1) is 29.3 Å². The molecule has 0 radical (unpaired) electrons. The molecule has 0 bridgehead atoms. The summed E-state index contributed by atoms with van der Waals surface area (Å²) in [5, 5.41) is 12.1. The number of fused-ring (bicyclic) bond motifs is 2. The van der Waals surface area contributed by atoms with E-state index in [0.29, 0.717) is 17.0 Å². The van der Waals surface area contributed by atoms with Gasteiger partial charge in [0, 0.05) is 42.6 Å². The molecule has 0 saturated carbocycles. The molecule has 2 heterocycles. The van der Waals surface area contributed by atoms with E-state index >= 15 is 0 Å². The zero-order valence-electron chi connectivity index (χ0n) is 38.3. The van der Waals surface area contributed by atoms with Gasteiger partial charge in [-0.2, -0.15) is 0 Å². The first-order valence-electron chi connectivity index (χ1n) is 22.1. The first-order valence-corrected chi connectivity index (χ1v) is 20.6. The number of aromatic hydroxyl groups is 1. The largest absolute Gasteiger partial charge is 0.507 e. The van der Waals surface area contributed by atoms with Gasteiger partial charge < -0.3 is 5.11 Å². The Bertz CT molecular complexity index is 3000. The van der Waals surface area contributed by atoms with Crippen molar-refractivity contribution in [3.63, 3.8) is 0 Å². The van der Waals surface area contributed by atoms with Gasteiger partial charge in [0.15, 0.2) is 0 Å². The summed E-state index contributed by atoms with van der Waals surface area (Å²) in [7, 11) is 0. The van der Waals surface area contributed by atoms with E-state index in [1.54, 1.807) is 18.3 Å². The van der Waals surface area contributed by atoms with E-state index in [0.717, 1.165) is 79.8 Å². The number of rotatable bonds is 6. The molecule has 0 aliphatic heterocycles. The predicted molar refractivity (Wildman–Crippen MR) is 245 cm³/mol. The van der Waals surface area contributed by atoms with Crippen molar-refractivity contribution < 1.29 is 30.3 Å². The van der Waals surface area contributed by atoms with Crippen LogP contribution >= 0.6 is 0 Å². The summed E-state index contributed by atoms with van der Waals surface area (Å²) >= 11 is 0. The zero-order valence-corrected chi connectivity index (χ0v) is 37.6. The van der Waals surface area contributed by atoms with E-state index in [1.165, 1.54) is 11.1 Å². The van der Waals surface area contributed by atoms with Crippen molar-refractivity contribution in [1.82, 2.24) is 14.5 Å². The van der Waals surface area contributed by atoms with Crippen molar-refractivity contribution in [3.8, 4) is 67.5 Å². The van der Waals surface area contributed by atoms with Crippen LogP contribution in [0.25, 0.3) is 72.7 Å². The van der Waals surface area contributed by atoms with Crippen molar-refractivity contribution in [3.05, 3.63) is 168 Å². The van der Waals surface area contributed by atoms with Gasteiger partial charge in [0.2, 0.25) is 0 Å². The number of phenolic OH excluding ortho intramolecular Hbond substituents is 1. The molecule has 6 aromatic carbocycles. The number of hydrogen-bond donors (Lipinski definition) is 1. The van der Waals surface area contributed by atoms with Crippen LogP contribution in [-0.2, 0) is 37.3 Å². The van der Waals surface area contributed by atoms with Crippen LogP contribution in [-0.4, -0.2) is 19.6 Å². The van der Waals surface area contributed by atoms with Gasteiger partial charge in [0.05, 0.1) is 22.3 Å². The maximum absolute atomic E-state index is 12.1. The van der Waals surface area contributed by atoms with E-state index in [4.69, 9.17) is 14.1 Å². The fraction of sp³-hybridized carbons (Fsp3) is 0.236. The Labute approximate surface area is 373 Å². The molecular weight excluding hydrogens is 914 g/mol. The molecule has 1 N–H and O–H groups in total. The number of para-hydroxylation sites is 2. The van der Waals surface area contributed by atoms with E-state index in [9.17, 15) is 5.11 Å². The van der Waals surface area contributed by atoms with E-state index < -0.39 is 6.85 Å². The van der Waals surface area contributed by atoms with Crippen LogP contribution in [0.2, 0.25) is 0 Å².